The highest BCUT2D eigenvalue weighted by atomic mass is 35.5. The van der Waals surface area contributed by atoms with Gasteiger partial charge in [0.25, 0.3) is 11.8 Å². The molecule has 0 aliphatic carbocycles. The molecule has 0 saturated carbocycles. The van der Waals surface area contributed by atoms with Gasteiger partial charge in [0.05, 0.1) is 18.8 Å². The molecule has 3 aromatic rings. The van der Waals surface area contributed by atoms with Gasteiger partial charge in [0.15, 0.2) is 5.69 Å². The maximum Gasteiger partial charge on any atom is 0.276 e. The van der Waals surface area contributed by atoms with Crippen LogP contribution >= 0.6 is 11.6 Å². The van der Waals surface area contributed by atoms with Crippen molar-refractivity contribution in [2.45, 2.75) is 26.2 Å². The van der Waals surface area contributed by atoms with Crippen LogP contribution in [0.25, 0.3) is 0 Å². The van der Waals surface area contributed by atoms with E-state index in [1.165, 1.54) is 0 Å². The third-order valence-electron chi connectivity index (χ3n) is 6.16. The quantitative estimate of drug-likeness (QED) is 0.593. The summed E-state index contributed by atoms with van der Waals surface area (Å²) in [5.74, 6) is -0.180. The summed E-state index contributed by atoms with van der Waals surface area (Å²) in [5.41, 5.74) is 3.73. The van der Waals surface area contributed by atoms with Gasteiger partial charge < -0.3 is 14.5 Å². The van der Waals surface area contributed by atoms with E-state index in [0.29, 0.717) is 54.7 Å². The average molecular weight is 466 g/mol. The van der Waals surface area contributed by atoms with Crippen LogP contribution in [0.4, 0.5) is 0 Å². The molecule has 1 fully saturated rings. The largest absolute Gasteiger partial charge is 0.365 e. The second-order valence-electron chi connectivity index (χ2n) is 8.37. The molecule has 0 bridgehead atoms. The molecule has 2 amide bonds. The second kappa shape index (κ2) is 8.96. The number of carbonyl (C=O) groups excluding carboxylic acids is 2. The highest BCUT2D eigenvalue weighted by Gasteiger charge is 2.32. The molecule has 1 unspecified atom stereocenters. The zero-order valence-electron chi connectivity index (χ0n) is 18.3. The predicted octanol–water partition coefficient (Wildman–Crippen LogP) is 3.11. The number of hydrogen-bond acceptors (Lipinski definition) is 5. The molecule has 1 saturated heterocycles. The Morgan fingerprint density at radius 2 is 1.70 bits per heavy atom. The van der Waals surface area contributed by atoms with Crippen LogP contribution in [0.5, 0.6) is 0 Å². The number of ether oxygens (including phenoxy) is 1. The van der Waals surface area contributed by atoms with Crippen molar-refractivity contribution in [3.63, 3.8) is 0 Å². The van der Waals surface area contributed by atoms with E-state index in [4.69, 9.17) is 16.3 Å². The van der Waals surface area contributed by atoms with Crippen molar-refractivity contribution in [3.05, 3.63) is 81.6 Å². The van der Waals surface area contributed by atoms with E-state index in [0.717, 1.165) is 11.1 Å². The zero-order chi connectivity index (χ0) is 22.9. The fourth-order valence-electron chi connectivity index (χ4n) is 4.28. The number of nitrogens with zero attached hydrogens (tertiary/aromatic N) is 5. The predicted molar refractivity (Wildman–Crippen MR) is 122 cm³/mol. The maximum atomic E-state index is 13.1. The highest BCUT2D eigenvalue weighted by Crippen LogP contribution is 2.28. The first kappa shape index (κ1) is 21.6. The summed E-state index contributed by atoms with van der Waals surface area (Å²) in [6, 6.07) is 15.1. The summed E-state index contributed by atoms with van der Waals surface area (Å²) in [5, 5.41) is 9.04. The summed E-state index contributed by atoms with van der Waals surface area (Å²) in [6.07, 6.45) is -0.171. The van der Waals surface area contributed by atoms with Crippen LogP contribution < -0.4 is 0 Å². The number of carbonyl (C=O) groups is 2. The number of halogens is 1. The average Bonchev–Trinajstić information content (AvgIpc) is 3.27. The summed E-state index contributed by atoms with van der Waals surface area (Å²) >= 11 is 5.98. The minimum atomic E-state index is -0.174. The van der Waals surface area contributed by atoms with Crippen LogP contribution in [-0.2, 0) is 17.9 Å². The zero-order valence-corrected chi connectivity index (χ0v) is 19.0. The first-order chi connectivity index (χ1) is 16.0. The van der Waals surface area contributed by atoms with Crippen molar-refractivity contribution in [2.24, 2.45) is 0 Å². The molecule has 1 aromatic heterocycles. The van der Waals surface area contributed by atoms with Crippen LogP contribution in [0.3, 0.4) is 0 Å². The number of benzene rings is 2. The Morgan fingerprint density at radius 1 is 1.00 bits per heavy atom. The molecule has 1 atom stereocenters. The Labute approximate surface area is 196 Å². The number of piperazine rings is 1. The van der Waals surface area contributed by atoms with Gasteiger partial charge in [0.2, 0.25) is 0 Å². The number of aryl methyl sites for hydroxylation is 1. The molecule has 2 aliphatic rings. The van der Waals surface area contributed by atoms with Gasteiger partial charge in [-0.1, -0.05) is 46.6 Å². The fourth-order valence-corrected chi connectivity index (χ4v) is 4.41. The van der Waals surface area contributed by atoms with Crippen LogP contribution in [0.2, 0.25) is 5.02 Å². The number of hydrogen-bond donors (Lipinski definition) is 0. The SMILES string of the molecule is Cc1cccc(C(=O)N2CCN(C(=O)c3nnn4c3COC(c3ccc(Cl)cc3)C4)CC2)c1. The van der Waals surface area contributed by atoms with Gasteiger partial charge in [-0.2, -0.15) is 0 Å². The number of fused-ring (bicyclic) bond motifs is 1. The lowest BCUT2D eigenvalue weighted by molar-refractivity contribution is -0.00202. The third-order valence-corrected chi connectivity index (χ3v) is 6.41. The van der Waals surface area contributed by atoms with Gasteiger partial charge >= 0.3 is 0 Å². The van der Waals surface area contributed by atoms with Gasteiger partial charge in [-0.25, -0.2) is 4.68 Å². The molecule has 9 heteroatoms. The molecule has 33 heavy (non-hydrogen) atoms. The molecule has 0 radical (unpaired) electrons. The Bertz CT molecular complexity index is 1190. The van der Waals surface area contributed by atoms with Crippen molar-refractivity contribution in [1.29, 1.82) is 0 Å². The Hall–Kier alpha value is -3.23. The van der Waals surface area contributed by atoms with Crippen molar-refractivity contribution in [1.82, 2.24) is 24.8 Å². The van der Waals surface area contributed by atoms with Crippen molar-refractivity contribution in [2.75, 3.05) is 26.2 Å². The molecule has 3 heterocycles. The Balaban J connectivity index is 1.23. The third kappa shape index (κ3) is 4.36. The first-order valence-corrected chi connectivity index (χ1v) is 11.3. The number of rotatable bonds is 3. The molecule has 0 N–H and O–H groups in total. The van der Waals surface area contributed by atoms with Gasteiger partial charge in [-0.15, -0.1) is 5.10 Å². The summed E-state index contributed by atoms with van der Waals surface area (Å²) in [4.78, 5) is 29.5. The minimum absolute atomic E-state index is 0.00604. The van der Waals surface area contributed by atoms with E-state index < -0.39 is 0 Å². The molecule has 5 rings (SSSR count). The standard InChI is InChI=1S/C24H24ClN5O3/c1-16-3-2-4-18(13-16)23(31)28-9-11-29(12-10-28)24(32)22-20-15-33-21(14-30(20)27-26-22)17-5-7-19(25)8-6-17/h2-8,13,21H,9-12,14-15H2,1H3. The topological polar surface area (TPSA) is 80.6 Å². The summed E-state index contributed by atoms with van der Waals surface area (Å²) < 4.78 is 7.75. The normalized spacial score (nSPS) is 18.2. The maximum absolute atomic E-state index is 13.1. The Morgan fingerprint density at radius 3 is 2.39 bits per heavy atom. The molecule has 2 aromatic carbocycles. The van der Waals surface area contributed by atoms with Crippen molar-refractivity contribution < 1.29 is 14.3 Å². The van der Waals surface area contributed by atoms with E-state index in [2.05, 4.69) is 10.3 Å². The van der Waals surface area contributed by atoms with Gasteiger partial charge in [-0.05, 0) is 36.8 Å². The van der Waals surface area contributed by atoms with E-state index in [1.54, 1.807) is 14.5 Å². The summed E-state index contributed by atoms with van der Waals surface area (Å²) in [6.45, 7) is 4.58. The van der Waals surface area contributed by atoms with Crippen LogP contribution in [0.1, 0.15) is 43.8 Å². The van der Waals surface area contributed by atoms with Crippen LogP contribution in [0.15, 0.2) is 48.5 Å². The molecule has 2 aliphatic heterocycles. The molecule has 170 valence electrons. The van der Waals surface area contributed by atoms with Gasteiger partial charge in [0.1, 0.15) is 6.10 Å². The Kier molecular flexibility index (Phi) is 5.86. The molecular weight excluding hydrogens is 442 g/mol. The van der Waals surface area contributed by atoms with Gasteiger partial charge in [-0.3, -0.25) is 9.59 Å². The molecular formula is C24H24ClN5O3. The van der Waals surface area contributed by atoms with E-state index in [-0.39, 0.29) is 24.5 Å². The van der Waals surface area contributed by atoms with Crippen molar-refractivity contribution in [3.8, 4) is 0 Å². The first-order valence-electron chi connectivity index (χ1n) is 10.9. The monoisotopic (exact) mass is 465 g/mol. The van der Waals surface area contributed by atoms with E-state index in [1.807, 2.05) is 55.5 Å². The highest BCUT2D eigenvalue weighted by molar-refractivity contribution is 6.30. The number of amides is 2. The van der Waals surface area contributed by atoms with Gasteiger partial charge in [0, 0.05) is 36.8 Å². The second-order valence-corrected chi connectivity index (χ2v) is 8.81. The molecule has 0 spiro atoms. The minimum Gasteiger partial charge on any atom is -0.365 e. The van der Waals surface area contributed by atoms with E-state index >= 15 is 0 Å². The lowest BCUT2D eigenvalue weighted by atomic mass is 10.1. The molecule has 8 nitrogen and oxygen atoms in total. The van der Waals surface area contributed by atoms with E-state index in [9.17, 15) is 9.59 Å². The van der Waals surface area contributed by atoms with Crippen LogP contribution in [-0.4, -0.2) is 62.8 Å². The van der Waals surface area contributed by atoms with Crippen LogP contribution in [0, 0.1) is 6.92 Å². The fraction of sp³-hybridized carbons (Fsp3) is 0.333. The van der Waals surface area contributed by atoms with Crippen molar-refractivity contribution >= 4 is 23.4 Å². The number of aromatic nitrogens is 3. The smallest absolute Gasteiger partial charge is 0.276 e. The lowest BCUT2D eigenvalue weighted by Crippen LogP contribution is -2.50. The lowest BCUT2D eigenvalue weighted by Gasteiger charge is -2.34. The summed E-state index contributed by atoms with van der Waals surface area (Å²) in [7, 11) is 0.